The van der Waals surface area contributed by atoms with Gasteiger partial charge in [-0.2, -0.15) is 0 Å². The molecule has 0 bridgehead atoms. The quantitative estimate of drug-likeness (QED) is 0.543. The summed E-state index contributed by atoms with van der Waals surface area (Å²) in [6.07, 6.45) is 5.86. The van der Waals surface area contributed by atoms with Gasteiger partial charge in [-0.1, -0.05) is 36.4 Å². The second kappa shape index (κ2) is 9.04. The van der Waals surface area contributed by atoms with Crippen LogP contribution < -0.4 is 15.5 Å². The van der Waals surface area contributed by atoms with Crippen LogP contribution in [0.1, 0.15) is 49.0 Å². The van der Waals surface area contributed by atoms with Crippen molar-refractivity contribution in [1.29, 1.82) is 0 Å². The Hall–Kier alpha value is -3.32. The number of H-pyrrole nitrogens is 1. The van der Waals surface area contributed by atoms with Crippen molar-refractivity contribution in [1.82, 2.24) is 20.5 Å². The highest BCUT2D eigenvalue weighted by Crippen LogP contribution is 2.38. The van der Waals surface area contributed by atoms with Crippen molar-refractivity contribution in [2.75, 3.05) is 24.7 Å². The van der Waals surface area contributed by atoms with Gasteiger partial charge < -0.3 is 25.4 Å². The zero-order valence-corrected chi connectivity index (χ0v) is 20.0. The number of benzene rings is 2. The summed E-state index contributed by atoms with van der Waals surface area (Å²) in [7, 11) is 0. The largest absolute Gasteiger partial charge is 0.351 e. The van der Waals surface area contributed by atoms with Crippen LogP contribution in [0.15, 0.2) is 60.7 Å². The SMILES string of the molecule is O=C(NC1CCC(N2CCC3(CC2)C(=O)NCN3c2ccccc2)CC1)c1cc2ccccc2[nH]1. The minimum absolute atomic E-state index is 0.0159. The smallest absolute Gasteiger partial charge is 0.267 e. The van der Waals surface area contributed by atoms with Gasteiger partial charge in [0.1, 0.15) is 11.2 Å². The van der Waals surface area contributed by atoms with Crippen LogP contribution in [0.5, 0.6) is 0 Å². The van der Waals surface area contributed by atoms with E-state index in [-0.39, 0.29) is 17.9 Å². The van der Waals surface area contributed by atoms with Crippen molar-refractivity contribution in [3.63, 3.8) is 0 Å². The van der Waals surface area contributed by atoms with Crippen LogP contribution in [0.3, 0.4) is 0 Å². The number of aromatic amines is 1. The fraction of sp³-hybridized carbons (Fsp3) is 0.429. The molecule has 2 aliphatic heterocycles. The molecule has 182 valence electrons. The van der Waals surface area contributed by atoms with E-state index in [1.165, 1.54) is 0 Å². The monoisotopic (exact) mass is 471 g/mol. The molecule has 2 amide bonds. The van der Waals surface area contributed by atoms with Crippen LogP contribution in [-0.2, 0) is 4.79 Å². The van der Waals surface area contributed by atoms with Gasteiger partial charge in [-0.3, -0.25) is 9.59 Å². The van der Waals surface area contributed by atoms with Crippen LogP contribution >= 0.6 is 0 Å². The predicted octanol–water partition coefficient (Wildman–Crippen LogP) is 3.64. The lowest BCUT2D eigenvalue weighted by Gasteiger charge is -2.46. The molecular weight excluding hydrogens is 438 g/mol. The van der Waals surface area contributed by atoms with Gasteiger partial charge in [0.2, 0.25) is 5.91 Å². The number of rotatable bonds is 4. The van der Waals surface area contributed by atoms with Crippen LogP contribution in [0, 0.1) is 0 Å². The van der Waals surface area contributed by atoms with Crippen molar-refractivity contribution >= 4 is 28.4 Å². The van der Waals surface area contributed by atoms with Gasteiger partial charge in [-0.05, 0) is 62.8 Å². The van der Waals surface area contributed by atoms with Gasteiger partial charge in [0, 0.05) is 41.8 Å². The molecule has 1 aliphatic carbocycles. The Kier molecular flexibility index (Phi) is 5.72. The Morgan fingerprint density at radius 2 is 1.66 bits per heavy atom. The molecule has 1 saturated carbocycles. The summed E-state index contributed by atoms with van der Waals surface area (Å²) in [4.78, 5) is 33.8. The first kappa shape index (κ1) is 22.2. The molecule has 3 heterocycles. The number of nitrogens with one attached hydrogen (secondary N) is 3. The predicted molar refractivity (Wildman–Crippen MR) is 137 cm³/mol. The van der Waals surface area contributed by atoms with Crippen LogP contribution in [0.2, 0.25) is 0 Å². The molecule has 3 fully saturated rings. The number of carbonyl (C=O) groups is 2. The zero-order chi connectivity index (χ0) is 23.8. The first-order valence-corrected chi connectivity index (χ1v) is 12.9. The maximum absolute atomic E-state index is 12.9. The average molecular weight is 472 g/mol. The minimum Gasteiger partial charge on any atom is -0.351 e. The summed E-state index contributed by atoms with van der Waals surface area (Å²) in [6, 6.07) is 20.9. The Morgan fingerprint density at radius 3 is 2.40 bits per heavy atom. The number of hydrogen-bond donors (Lipinski definition) is 3. The molecule has 3 N–H and O–H groups in total. The normalized spacial score (nSPS) is 24.6. The molecule has 1 aromatic heterocycles. The molecule has 7 heteroatoms. The molecule has 3 aromatic rings. The third-order valence-corrected chi connectivity index (χ3v) is 8.35. The van der Waals surface area contributed by atoms with Crippen LogP contribution in [-0.4, -0.2) is 59.1 Å². The van der Waals surface area contributed by atoms with E-state index in [0.717, 1.165) is 68.2 Å². The lowest BCUT2D eigenvalue weighted by atomic mass is 9.83. The van der Waals surface area contributed by atoms with Crippen molar-refractivity contribution in [2.45, 2.75) is 56.1 Å². The molecule has 35 heavy (non-hydrogen) atoms. The number of anilines is 1. The summed E-state index contributed by atoms with van der Waals surface area (Å²) < 4.78 is 0. The van der Waals surface area contributed by atoms with Crippen LogP contribution in [0.4, 0.5) is 5.69 Å². The number of hydrogen-bond acceptors (Lipinski definition) is 4. The Morgan fingerprint density at radius 1 is 0.943 bits per heavy atom. The fourth-order valence-electron chi connectivity index (χ4n) is 6.34. The van der Waals surface area contributed by atoms with Crippen molar-refractivity contribution in [3.8, 4) is 0 Å². The first-order chi connectivity index (χ1) is 17.1. The van der Waals surface area contributed by atoms with Gasteiger partial charge in [0.05, 0.1) is 6.67 Å². The number of likely N-dealkylation sites (tertiary alicyclic amines) is 1. The van der Waals surface area contributed by atoms with E-state index in [1.807, 2.05) is 48.5 Å². The van der Waals surface area contributed by atoms with Gasteiger partial charge in [-0.25, -0.2) is 0 Å². The molecule has 6 rings (SSSR count). The molecule has 2 aromatic carbocycles. The molecule has 7 nitrogen and oxygen atoms in total. The number of amides is 2. The van der Waals surface area contributed by atoms with E-state index in [4.69, 9.17) is 0 Å². The second-order valence-electron chi connectivity index (χ2n) is 10.2. The molecular formula is C28H33N5O2. The molecule has 2 saturated heterocycles. The number of nitrogens with zero attached hydrogens (tertiary/aromatic N) is 2. The minimum atomic E-state index is -0.428. The highest BCUT2D eigenvalue weighted by molar-refractivity contribution is 5.98. The van der Waals surface area contributed by atoms with Gasteiger partial charge in [0.15, 0.2) is 0 Å². The zero-order valence-electron chi connectivity index (χ0n) is 20.0. The van der Waals surface area contributed by atoms with Gasteiger partial charge in [0.25, 0.3) is 5.91 Å². The summed E-state index contributed by atoms with van der Waals surface area (Å²) in [6.45, 7) is 2.46. The maximum Gasteiger partial charge on any atom is 0.267 e. The molecule has 0 radical (unpaired) electrons. The Bertz CT molecular complexity index is 1170. The Balaban J connectivity index is 1.03. The fourth-order valence-corrected chi connectivity index (χ4v) is 6.34. The van der Waals surface area contributed by atoms with E-state index in [2.05, 4.69) is 37.6 Å². The van der Waals surface area contributed by atoms with E-state index in [1.54, 1.807) is 0 Å². The van der Waals surface area contributed by atoms with Crippen molar-refractivity contribution < 1.29 is 9.59 Å². The number of aromatic nitrogens is 1. The molecule has 3 aliphatic rings. The average Bonchev–Trinajstić information content (AvgIpc) is 3.47. The lowest BCUT2D eigenvalue weighted by Crippen LogP contribution is -2.58. The first-order valence-electron chi connectivity index (χ1n) is 12.9. The third kappa shape index (κ3) is 4.08. The third-order valence-electron chi connectivity index (χ3n) is 8.35. The topological polar surface area (TPSA) is 80.5 Å². The van der Waals surface area contributed by atoms with Gasteiger partial charge >= 0.3 is 0 Å². The number of carbonyl (C=O) groups excluding carboxylic acids is 2. The number of para-hydroxylation sites is 2. The standard InChI is InChI=1S/C28H33N5O2/c34-26(25-18-20-6-4-5-9-24(20)31-25)30-21-10-12-22(13-11-21)32-16-14-28(15-17-32)27(35)29-19-33(28)23-7-2-1-3-8-23/h1-9,18,21-22,31H,10-17,19H2,(H,29,35)(H,30,34). The number of fused-ring (bicyclic) bond motifs is 1. The van der Waals surface area contributed by atoms with Crippen molar-refractivity contribution in [2.24, 2.45) is 0 Å². The van der Waals surface area contributed by atoms with E-state index in [9.17, 15) is 9.59 Å². The molecule has 0 atom stereocenters. The number of piperidine rings is 1. The summed E-state index contributed by atoms with van der Waals surface area (Å²) in [5, 5.41) is 7.40. The molecule has 1 spiro atoms. The summed E-state index contributed by atoms with van der Waals surface area (Å²) in [5.41, 5.74) is 2.31. The highest BCUT2D eigenvalue weighted by Gasteiger charge is 2.50. The van der Waals surface area contributed by atoms with E-state index >= 15 is 0 Å². The second-order valence-corrected chi connectivity index (χ2v) is 10.2. The van der Waals surface area contributed by atoms with Gasteiger partial charge in [-0.15, -0.1) is 0 Å². The van der Waals surface area contributed by atoms with E-state index in [0.29, 0.717) is 18.4 Å². The van der Waals surface area contributed by atoms with Crippen molar-refractivity contribution in [3.05, 3.63) is 66.4 Å². The summed E-state index contributed by atoms with van der Waals surface area (Å²) in [5.74, 6) is 0.155. The maximum atomic E-state index is 12.9. The van der Waals surface area contributed by atoms with E-state index < -0.39 is 5.54 Å². The summed E-state index contributed by atoms with van der Waals surface area (Å²) >= 11 is 0. The Labute approximate surface area is 205 Å². The molecule has 0 unspecified atom stereocenters. The highest BCUT2D eigenvalue weighted by atomic mass is 16.2. The van der Waals surface area contributed by atoms with Crippen LogP contribution in [0.25, 0.3) is 10.9 Å². The lowest BCUT2D eigenvalue weighted by molar-refractivity contribution is -0.125.